The Kier molecular flexibility index (Phi) is 9.43. The molecule has 8 rings (SSSR count). The predicted molar refractivity (Wildman–Crippen MR) is 198 cm³/mol. The summed E-state index contributed by atoms with van der Waals surface area (Å²) in [6, 6.07) is 30.7. The molecule has 56 heavy (non-hydrogen) atoms. The van der Waals surface area contributed by atoms with Gasteiger partial charge < -0.3 is 19.2 Å². The van der Waals surface area contributed by atoms with Gasteiger partial charge in [0.1, 0.15) is 29.0 Å². The standard InChI is InChI=1S/C43H36F5N3O5/c1-26-21-33-32(38(50(26)25-42(46,47)48)37-34(44)22-31(23-35(37)45)55-30-19-20-49(24-30)40(52)53)17-18-36-39(33)56-41(54)51(36)43(27-11-5-2-6-12-27,28-13-7-3-8-14-28)29-15-9-4-10-16-29/h2-18,22-23,26,30,38H,19-21,24-25H2,1H3,(H,52,53)/t26-,30?,38+/m1/s1. The third-order valence-corrected chi connectivity index (χ3v) is 10.9. The summed E-state index contributed by atoms with van der Waals surface area (Å²) in [4.78, 5) is 28.0. The number of likely N-dealkylation sites (tertiary alicyclic amines) is 1. The van der Waals surface area contributed by atoms with E-state index in [1.54, 1.807) is 17.6 Å². The molecular formula is C43H36F5N3O5. The fourth-order valence-electron chi connectivity index (χ4n) is 8.56. The summed E-state index contributed by atoms with van der Waals surface area (Å²) >= 11 is 0. The Balaban J connectivity index is 1.32. The summed E-state index contributed by atoms with van der Waals surface area (Å²) in [6.45, 7) is 0.250. The van der Waals surface area contributed by atoms with Crippen LogP contribution in [-0.2, 0) is 12.0 Å². The second-order valence-corrected chi connectivity index (χ2v) is 14.3. The van der Waals surface area contributed by atoms with Gasteiger partial charge in [0.2, 0.25) is 0 Å². The minimum absolute atomic E-state index is 0.00580. The van der Waals surface area contributed by atoms with Crippen molar-refractivity contribution in [2.75, 3.05) is 19.6 Å². The van der Waals surface area contributed by atoms with Crippen molar-refractivity contribution >= 4 is 17.2 Å². The van der Waals surface area contributed by atoms with E-state index in [1.165, 1.54) is 6.07 Å². The molecule has 3 atom stereocenters. The van der Waals surface area contributed by atoms with Gasteiger partial charge in [0, 0.05) is 42.3 Å². The molecule has 2 aliphatic heterocycles. The van der Waals surface area contributed by atoms with Crippen molar-refractivity contribution in [3.63, 3.8) is 0 Å². The van der Waals surface area contributed by atoms with E-state index in [-0.39, 0.29) is 36.4 Å². The van der Waals surface area contributed by atoms with Gasteiger partial charge in [-0.25, -0.2) is 18.4 Å². The zero-order valence-corrected chi connectivity index (χ0v) is 30.0. The molecule has 1 saturated heterocycles. The first-order valence-corrected chi connectivity index (χ1v) is 18.2. The van der Waals surface area contributed by atoms with Crippen molar-refractivity contribution in [2.24, 2.45) is 0 Å². The van der Waals surface area contributed by atoms with Crippen LogP contribution in [0.5, 0.6) is 5.75 Å². The Bertz CT molecular complexity index is 2330. The summed E-state index contributed by atoms with van der Waals surface area (Å²) in [6.07, 6.45) is -6.26. The fraction of sp³-hybridized carbons (Fsp3) is 0.256. The van der Waals surface area contributed by atoms with Gasteiger partial charge in [-0.1, -0.05) is 97.1 Å². The second kappa shape index (κ2) is 14.3. The molecule has 13 heteroatoms. The minimum Gasteiger partial charge on any atom is -0.488 e. The second-order valence-electron chi connectivity index (χ2n) is 14.3. The summed E-state index contributed by atoms with van der Waals surface area (Å²) < 4.78 is 88.7. The normalized spacial score (nSPS) is 19.0. The number of nitrogens with zero attached hydrogens (tertiary/aromatic N) is 3. The zero-order valence-electron chi connectivity index (χ0n) is 30.0. The molecule has 0 aliphatic carbocycles. The van der Waals surface area contributed by atoms with Crippen LogP contribution in [0.1, 0.15) is 52.8 Å². The van der Waals surface area contributed by atoms with Gasteiger partial charge in [-0.3, -0.25) is 9.47 Å². The van der Waals surface area contributed by atoms with Crippen molar-refractivity contribution in [1.29, 1.82) is 0 Å². The lowest BCUT2D eigenvalue weighted by Gasteiger charge is -2.42. The Labute approximate surface area is 318 Å². The molecule has 1 aromatic heterocycles. The first-order valence-electron chi connectivity index (χ1n) is 18.2. The number of amides is 1. The molecular weight excluding hydrogens is 733 g/mol. The number of carbonyl (C=O) groups is 1. The number of hydrogen-bond acceptors (Lipinski definition) is 5. The first-order chi connectivity index (χ1) is 26.9. The number of oxazole rings is 1. The van der Waals surface area contributed by atoms with Crippen LogP contribution < -0.4 is 10.5 Å². The van der Waals surface area contributed by atoms with E-state index in [2.05, 4.69) is 0 Å². The van der Waals surface area contributed by atoms with Gasteiger partial charge in [0.25, 0.3) is 0 Å². The third-order valence-electron chi connectivity index (χ3n) is 10.9. The minimum atomic E-state index is -4.72. The summed E-state index contributed by atoms with van der Waals surface area (Å²) in [5, 5.41) is 9.29. The smallest absolute Gasteiger partial charge is 0.421 e. The maximum Gasteiger partial charge on any atom is 0.421 e. The highest BCUT2D eigenvalue weighted by atomic mass is 19.4. The predicted octanol–water partition coefficient (Wildman–Crippen LogP) is 8.74. The highest BCUT2D eigenvalue weighted by Gasteiger charge is 2.46. The Morgan fingerprint density at radius 2 is 1.41 bits per heavy atom. The quantitative estimate of drug-likeness (QED) is 0.123. The summed E-state index contributed by atoms with van der Waals surface area (Å²) in [5.41, 5.74) is 1.27. The number of benzene rings is 5. The number of aromatic nitrogens is 1. The topological polar surface area (TPSA) is 88.2 Å². The van der Waals surface area contributed by atoms with Gasteiger partial charge in [-0.05, 0) is 41.7 Å². The van der Waals surface area contributed by atoms with E-state index in [0.29, 0.717) is 17.5 Å². The number of alkyl halides is 3. The lowest BCUT2D eigenvalue weighted by Crippen LogP contribution is -2.47. The lowest BCUT2D eigenvalue weighted by molar-refractivity contribution is -0.155. The molecule has 3 heterocycles. The molecule has 6 aromatic rings. The van der Waals surface area contributed by atoms with Gasteiger partial charge in [-0.15, -0.1) is 0 Å². The van der Waals surface area contributed by atoms with Crippen LogP contribution in [0.25, 0.3) is 11.1 Å². The van der Waals surface area contributed by atoms with Crippen LogP contribution >= 0.6 is 0 Å². The molecule has 0 bridgehead atoms. The van der Waals surface area contributed by atoms with Crippen LogP contribution in [0.3, 0.4) is 0 Å². The van der Waals surface area contributed by atoms with Crippen LogP contribution in [0, 0.1) is 11.6 Å². The van der Waals surface area contributed by atoms with Crippen LogP contribution in [0.4, 0.5) is 26.7 Å². The molecule has 288 valence electrons. The van der Waals surface area contributed by atoms with E-state index in [4.69, 9.17) is 9.15 Å². The molecule has 1 N–H and O–H groups in total. The monoisotopic (exact) mass is 769 g/mol. The Morgan fingerprint density at radius 1 is 0.857 bits per heavy atom. The Morgan fingerprint density at radius 3 is 1.91 bits per heavy atom. The van der Waals surface area contributed by atoms with Crippen molar-refractivity contribution in [1.82, 2.24) is 14.4 Å². The molecule has 0 saturated carbocycles. The molecule has 8 nitrogen and oxygen atoms in total. The van der Waals surface area contributed by atoms with Gasteiger partial charge in [0.15, 0.2) is 5.58 Å². The van der Waals surface area contributed by atoms with Gasteiger partial charge in [-0.2, -0.15) is 13.2 Å². The molecule has 1 amide bonds. The first kappa shape index (κ1) is 37.0. The van der Waals surface area contributed by atoms with Crippen molar-refractivity contribution < 1.29 is 41.0 Å². The van der Waals surface area contributed by atoms with Crippen LogP contribution in [0.2, 0.25) is 0 Å². The number of ether oxygens (including phenoxy) is 1. The number of halogens is 5. The number of carboxylic acid groups (broad SMARTS) is 1. The van der Waals surface area contributed by atoms with Gasteiger partial charge in [0.05, 0.1) is 24.6 Å². The number of hydrogen-bond donors (Lipinski definition) is 1. The van der Waals surface area contributed by atoms with Crippen molar-refractivity contribution in [2.45, 2.75) is 49.7 Å². The maximum absolute atomic E-state index is 16.3. The zero-order chi connectivity index (χ0) is 39.4. The molecule has 1 fully saturated rings. The molecule has 0 radical (unpaired) electrons. The van der Waals surface area contributed by atoms with E-state index in [1.807, 2.05) is 91.0 Å². The summed E-state index contributed by atoms with van der Waals surface area (Å²) in [7, 11) is 0. The van der Waals surface area contributed by atoms with Crippen molar-refractivity contribution in [3.8, 4) is 5.75 Å². The SMILES string of the molecule is C[C@@H]1Cc2c(ccc3c2oc(=O)n3C(c2ccccc2)(c2ccccc2)c2ccccc2)[C@@H](c2c(F)cc(OC3CCN(C(=O)O)C3)cc2F)N1CC(F)(F)F. The average Bonchev–Trinajstić information content (AvgIpc) is 3.78. The largest absolute Gasteiger partial charge is 0.488 e. The Hall–Kier alpha value is -5.95. The van der Waals surface area contributed by atoms with Crippen molar-refractivity contribution in [3.05, 3.63) is 171 Å². The van der Waals surface area contributed by atoms with Gasteiger partial charge >= 0.3 is 18.0 Å². The molecule has 2 aliphatic rings. The van der Waals surface area contributed by atoms with E-state index >= 15 is 8.78 Å². The third kappa shape index (κ3) is 6.39. The van der Waals surface area contributed by atoms with E-state index < -0.39 is 65.5 Å². The van der Waals surface area contributed by atoms with Crippen LogP contribution in [0.15, 0.2) is 124 Å². The summed E-state index contributed by atoms with van der Waals surface area (Å²) in [5.74, 6) is -3.23. The maximum atomic E-state index is 16.3. The molecule has 1 unspecified atom stereocenters. The highest BCUT2D eigenvalue weighted by Crippen LogP contribution is 2.47. The lowest BCUT2D eigenvalue weighted by atomic mass is 9.76. The fourth-order valence-corrected chi connectivity index (χ4v) is 8.56. The number of fused-ring (bicyclic) bond motifs is 3. The molecule has 5 aromatic carbocycles. The van der Waals surface area contributed by atoms with E-state index in [0.717, 1.165) is 38.6 Å². The molecule has 0 spiro atoms. The van der Waals surface area contributed by atoms with E-state index in [9.17, 15) is 27.9 Å². The highest BCUT2D eigenvalue weighted by molar-refractivity contribution is 5.81. The average molecular weight is 770 g/mol. The van der Waals surface area contributed by atoms with Crippen LogP contribution in [-0.4, -0.2) is 63.5 Å². The number of rotatable bonds is 8.